The van der Waals surface area contributed by atoms with Crippen LogP contribution in [0.2, 0.25) is 0 Å². The largest absolute Gasteiger partial charge is 0.505 e. The maximum absolute atomic E-state index is 11.6. The van der Waals surface area contributed by atoms with E-state index in [-0.39, 0.29) is 22.0 Å². The highest BCUT2D eigenvalue weighted by atomic mass is 32.2. The van der Waals surface area contributed by atoms with Gasteiger partial charge in [0, 0.05) is 14.8 Å². The maximum atomic E-state index is 11.6. The quantitative estimate of drug-likeness (QED) is 0.401. The minimum absolute atomic E-state index is 0.202. The van der Waals surface area contributed by atoms with Gasteiger partial charge in [-0.05, 0) is 41.9 Å². The fourth-order valence-electron chi connectivity index (χ4n) is 2.15. The lowest BCUT2D eigenvalue weighted by Crippen LogP contribution is -1.93. The van der Waals surface area contributed by atoms with Gasteiger partial charge >= 0.3 is 0 Å². The Morgan fingerprint density at radius 2 is 1.69 bits per heavy atom. The number of rotatable bonds is 4. The van der Waals surface area contributed by atoms with Gasteiger partial charge in [0.2, 0.25) is 5.88 Å². The van der Waals surface area contributed by atoms with E-state index in [0.29, 0.717) is 10.9 Å². The van der Waals surface area contributed by atoms with Crippen LogP contribution in [0.4, 0.5) is 11.4 Å². The molecule has 0 fully saturated rings. The number of para-hydroxylation sites is 1. The smallest absolute Gasteiger partial charge is 0.264 e. The van der Waals surface area contributed by atoms with Gasteiger partial charge in [0.1, 0.15) is 0 Å². The minimum Gasteiger partial charge on any atom is -0.505 e. The Hall–Kier alpha value is -3.69. The van der Waals surface area contributed by atoms with Gasteiger partial charge in [-0.25, -0.2) is 13.4 Å². The van der Waals surface area contributed by atoms with Crippen molar-refractivity contribution < 1.29 is 18.6 Å². The maximum Gasteiger partial charge on any atom is 0.264 e. The minimum atomic E-state index is -4.09. The van der Waals surface area contributed by atoms with Crippen LogP contribution in [0.5, 0.6) is 11.6 Å². The van der Waals surface area contributed by atoms with Crippen molar-refractivity contribution in [3.05, 3.63) is 59.0 Å². The number of pyridine rings is 1. The highest BCUT2D eigenvalue weighted by molar-refractivity contribution is 7.90. The van der Waals surface area contributed by atoms with E-state index >= 15 is 0 Å². The summed E-state index contributed by atoms with van der Waals surface area (Å²) in [6, 6.07) is 11.7. The summed E-state index contributed by atoms with van der Waals surface area (Å²) in [4.78, 5) is 5.99. The second kappa shape index (κ2) is 6.67. The van der Waals surface area contributed by atoms with E-state index in [0.717, 1.165) is 0 Å². The summed E-state index contributed by atoms with van der Waals surface area (Å²) in [6.07, 6.45) is 0. The number of nitrogens with zero attached hydrogens (tertiary/aromatic N) is 6. The van der Waals surface area contributed by atoms with Crippen LogP contribution in [0, 0.1) is 0 Å². The summed E-state index contributed by atoms with van der Waals surface area (Å²) in [5.41, 5.74) is 8.68. The van der Waals surface area contributed by atoms with Crippen molar-refractivity contribution in [2.45, 2.75) is 4.90 Å². The molecule has 26 heavy (non-hydrogen) atoms. The van der Waals surface area contributed by atoms with Crippen LogP contribution in [-0.4, -0.2) is 23.6 Å². The first-order valence-corrected chi connectivity index (χ1v) is 8.50. The second-order valence-electron chi connectivity index (χ2n) is 4.99. The number of hydrogen-bond donors (Lipinski definition) is 2. The van der Waals surface area contributed by atoms with E-state index < -0.39 is 15.9 Å². The third-order valence-corrected chi connectivity index (χ3v) is 4.52. The predicted molar refractivity (Wildman–Crippen MR) is 92.0 cm³/mol. The van der Waals surface area contributed by atoms with Crippen LogP contribution in [-0.2, 0) is 10.0 Å². The molecule has 0 aliphatic carbocycles. The molecular formula is C15H10N6O4S. The molecule has 0 unspecified atom stereocenters. The molecule has 10 nitrogen and oxygen atoms in total. The summed E-state index contributed by atoms with van der Waals surface area (Å²) >= 11 is 0. The molecule has 0 amide bonds. The Morgan fingerprint density at radius 1 is 1.00 bits per heavy atom. The fourth-order valence-corrected chi connectivity index (χ4v) is 2.82. The Labute approximate surface area is 146 Å². The van der Waals surface area contributed by atoms with Gasteiger partial charge in [-0.2, -0.15) is 5.11 Å². The molecule has 11 heteroatoms. The monoisotopic (exact) mass is 370 g/mol. The van der Waals surface area contributed by atoms with Gasteiger partial charge in [-0.15, -0.1) is 5.11 Å². The van der Waals surface area contributed by atoms with E-state index in [1.807, 2.05) is 0 Å². The first kappa shape index (κ1) is 17.1. The normalized spacial score (nSPS) is 11.5. The molecule has 1 aromatic heterocycles. The number of sulfonamides is 1. The van der Waals surface area contributed by atoms with Crippen molar-refractivity contribution in [2.75, 3.05) is 0 Å². The van der Waals surface area contributed by atoms with Crippen molar-refractivity contribution >= 4 is 32.3 Å². The molecule has 3 rings (SSSR count). The number of azo groups is 1. The number of azide groups is 1. The molecule has 0 spiro atoms. The van der Waals surface area contributed by atoms with Crippen LogP contribution < -0.4 is 0 Å². The molecule has 0 saturated carbocycles. The summed E-state index contributed by atoms with van der Waals surface area (Å²) in [7, 11) is -4.09. The lowest BCUT2D eigenvalue weighted by atomic mass is 10.2. The van der Waals surface area contributed by atoms with Crippen molar-refractivity contribution in [1.29, 1.82) is 0 Å². The Morgan fingerprint density at radius 3 is 2.38 bits per heavy atom. The number of aromatic nitrogens is 1. The molecule has 0 bridgehead atoms. The molecule has 0 radical (unpaired) electrons. The zero-order chi connectivity index (χ0) is 18.7. The van der Waals surface area contributed by atoms with Crippen LogP contribution in [0.15, 0.2) is 68.2 Å². The van der Waals surface area contributed by atoms with E-state index in [4.69, 9.17) is 5.53 Å². The van der Waals surface area contributed by atoms with E-state index in [9.17, 15) is 18.6 Å². The molecule has 0 atom stereocenters. The van der Waals surface area contributed by atoms with Crippen LogP contribution >= 0.6 is 0 Å². The lowest BCUT2D eigenvalue weighted by molar-refractivity contribution is 0.442. The second-order valence-corrected chi connectivity index (χ2v) is 6.57. The van der Waals surface area contributed by atoms with Gasteiger partial charge in [0.05, 0.1) is 16.1 Å². The number of benzene rings is 2. The van der Waals surface area contributed by atoms with E-state index in [2.05, 4.69) is 24.6 Å². The SMILES string of the molecule is [N-]=[N+]=NS(=O)(=O)c1ccc(N=Nc2c(O)nc3ccccc3c2O)cc1. The summed E-state index contributed by atoms with van der Waals surface area (Å²) in [5, 5.41) is 28.2. The van der Waals surface area contributed by atoms with Gasteiger partial charge < -0.3 is 10.2 Å². The highest BCUT2D eigenvalue weighted by Gasteiger charge is 2.14. The summed E-state index contributed by atoms with van der Waals surface area (Å²) < 4.78 is 25.9. The summed E-state index contributed by atoms with van der Waals surface area (Å²) in [5.74, 6) is -0.771. The predicted octanol–water partition coefficient (Wildman–Crippen LogP) is 4.06. The molecule has 2 aromatic carbocycles. The summed E-state index contributed by atoms with van der Waals surface area (Å²) in [6.45, 7) is 0. The van der Waals surface area contributed by atoms with E-state index in [1.165, 1.54) is 24.3 Å². The van der Waals surface area contributed by atoms with Crippen molar-refractivity contribution in [2.24, 2.45) is 14.7 Å². The van der Waals surface area contributed by atoms with Crippen molar-refractivity contribution in [3.8, 4) is 11.6 Å². The first-order chi connectivity index (χ1) is 12.4. The van der Waals surface area contributed by atoms with Crippen molar-refractivity contribution in [1.82, 2.24) is 4.98 Å². The first-order valence-electron chi connectivity index (χ1n) is 7.06. The number of aromatic hydroxyl groups is 2. The van der Waals surface area contributed by atoms with Crippen LogP contribution in [0.1, 0.15) is 0 Å². The van der Waals surface area contributed by atoms with Crippen molar-refractivity contribution in [3.63, 3.8) is 0 Å². The van der Waals surface area contributed by atoms with Gasteiger partial charge in [0.25, 0.3) is 10.0 Å². The van der Waals surface area contributed by atoms with Gasteiger partial charge in [0.15, 0.2) is 11.4 Å². The Kier molecular flexibility index (Phi) is 4.40. The van der Waals surface area contributed by atoms with E-state index in [1.54, 1.807) is 24.3 Å². The molecule has 2 N–H and O–H groups in total. The molecule has 0 aliphatic heterocycles. The standard InChI is InChI=1S/C15H10N6O4S/c16-20-21-26(24,25)10-7-5-9(6-8-10)18-19-13-14(22)11-3-1-2-4-12(11)17-15(13)23/h1-8H,(H2,17,22,23). The highest BCUT2D eigenvalue weighted by Crippen LogP contribution is 2.40. The molecule has 0 saturated heterocycles. The van der Waals surface area contributed by atoms with Crippen LogP contribution in [0.3, 0.4) is 0 Å². The molecule has 3 aromatic rings. The average molecular weight is 370 g/mol. The Bertz CT molecular complexity index is 1170. The Balaban J connectivity index is 1.96. The number of fused-ring (bicyclic) bond motifs is 1. The van der Waals surface area contributed by atoms with Gasteiger partial charge in [-0.1, -0.05) is 12.1 Å². The van der Waals surface area contributed by atoms with Gasteiger partial charge in [-0.3, -0.25) is 0 Å². The molecule has 1 heterocycles. The van der Waals surface area contributed by atoms with Crippen LogP contribution in [0.25, 0.3) is 21.3 Å². The molecule has 130 valence electrons. The lowest BCUT2D eigenvalue weighted by Gasteiger charge is -2.05. The average Bonchev–Trinajstić information content (AvgIpc) is 2.62. The molecular weight excluding hydrogens is 360 g/mol. The zero-order valence-electron chi connectivity index (χ0n) is 12.9. The zero-order valence-corrected chi connectivity index (χ0v) is 13.7. The molecule has 0 aliphatic rings. The third-order valence-electron chi connectivity index (χ3n) is 3.37. The topological polar surface area (TPSA) is 161 Å². The number of hydrogen-bond acceptors (Lipinski definition) is 7. The third kappa shape index (κ3) is 3.24. The fraction of sp³-hybridized carbons (Fsp3) is 0.